The minimum atomic E-state index is -0.688. The maximum Gasteiger partial charge on any atom is 0.305 e. The van der Waals surface area contributed by atoms with Crippen molar-refractivity contribution < 1.29 is 24.2 Å². The lowest BCUT2D eigenvalue weighted by atomic mass is 9.88. The first-order valence-corrected chi connectivity index (χ1v) is 6.95. The van der Waals surface area contributed by atoms with Crippen LogP contribution < -0.4 is 0 Å². The smallest absolute Gasteiger partial charge is 0.305 e. The number of carbonyl (C=O) groups is 2. The molecular formula is C14H26O5. The lowest BCUT2D eigenvalue weighted by Crippen LogP contribution is -2.37. The molecule has 5 heteroatoms. The SMILES string of the molecule is CCCC(=O)OCC(CC)(CO)COC(=O)CCC. The van der Waals surface area contributed by atoms with E-state index in [-0.39, 0.29) is 31.8 Å². The van der Waals surface area contributed by atoms with Crippen molar-refractivity contribution in [1.29, 1.82) is 0 Å². The van der Waals surface area contributed by atoms with E-state index in [0.29, 0.717) is 19.3 Å². The van der Waals surface area contributed by atoms with Crippen molar-refractivity contribution in [2.45, 2.75) is 52.9 Å². The van der Waals surface area contributed by atoms with Gasteiger partial charge in [-0.15, -0.1) is 0 Å². The molecule has 5 nitrogen and oxygen atoms in total. The first-order chi connectivity index (χ1) is 9.03. The topological polar surface area (TPSA) is 72.8 Å². The molecule has 0 unspecified atom stereocenters. The van der Waals surface area contributed by atoms with E-state index in [2.05, 4.69) is 0 Å². The number of hydrogen-bond acceptors (Lipinski definition) is 5. The second-order valence-corrected chi connectivity index (χ2v) is 4.83. The van der Waals surface area contributed by atoms with Gasteiger partial charge in [-0.25, -0.2) is 0 Å². The molecule has 0 rings (SSSR count). The highest BCUT2D eigenvalue weighted by atomic mass is 16.5. The number of rotatable bonds is 10. The van der Waals surface area contributed by atoms with Gasteiger partial charge in [-0.1, -0.05) is 20.8 Å². The Labute approximate surface area is 115 Å². The molecule has 0 aromatic rings. The fraction of sp³-hybridized carbons (Fsp3) is 0.857. The van der Waals surface area contributed by atoms with Gasteiger partial charge in [0.25, 0.3) is 0 Å². The number of aliphatic hydroxyl groups excluding tert-OH is 1. The zero-order chi connectivity index (χ0) is 14.7. The third-order valence-corrected chi connectivity index (χ3v) is 3.07. The van der Waals surface area contributed by atoms with E-state index < -0.39 is 5.41 Å². The summed E-state index contributed by atoms with van der Waals surface area (Å²) < 4.78 is 10.3. The van der Waals surface area contributed by atoms with Crippen molar-refractivity contribution in [3.63, 3.8) is 0 Å². The van der Waals surface area contributed by atoms with Crippen LogP contribution in [0.4, 0.5) is 0 Å². The second kappa shape index (κ2) is 9.78. The molecule has 0 aliphatic heterocycles. The number of aliphatic hydroxyl groups is 1. The number of esters is 2. The lowest BCUT2D eigenvalue weighted by Gasteiger charge is -2.29. The quantitative estimate of drug-likeness (QED) is 0.617. The van der Waals surface area contributed by atoms with Gasteiger partial charge in [0.1, 0.15) is 13.2 Å². The molecule has 1 N–H and O–H groups in total. The van der Waals surface area contributed by atoms with Gasteiger partial charge in [-0.05, 0) is 19.3 Å². The minimum Gasteiger partial charge on any atom is -0.465 e. The van der Waals surface area contributed by atoms with Crippen LogP contribution in [0.1, 0.15) is 52.9 Å². The molecule has 0 amide bonds. The Hall–Kier alpha value is -1.10. The van der Waals surface area contributed by atoms with E-state index in [0.717, 1.165) is 12.8 Å². The monoisotopic (exact) mass is 274 g/mol. The largest absolute Gasteiger partial charge is 0.465 e. The maximum absolute atomic E-state index is 11.4. The van der Waals surface area contributed by atoms with Gasteiger partial charge in [0, 0.05) is 12.8 Å². The summed E-state index contributed by atoms with van der Waals surface area (Å²) >= 11 is 0. The predicted molar refractivity (Wildman–Crippen MR) is 71.5 cm³/mol. The molecule has 0 aliphatic rings. The molecule has 0 aromatic heterocycles. The third kappa shape index (κ3) is 7.15. The van der Waals surface area contributed by atoms with Crippen molar-refractivity contribution in [3.05, 3.63) is 0 Å². The van der Waals surface area contributed by atoms with Crippen molar-refractivity contribution in [2.75, 3.05) is 19.8 Å². The van der Waals surface area contributed by atoms with Crippen LogP contribution in [-0.2, 0) is 19.1 Å². The van der Waals surface area contributed by atoms with Gasteiger partial charge in [-0.2, -0.15) is 0 Å². The summed E-state index contributed by atoms with van der Waals surface area (Å²) in [5.74, 6) is -0.567. The maximum atomic E-state index is 11.4. The summed E-state index contributed by atoms with van der Waals surface area (Å²) in [6.07, 6.45) is 2.75. The molecule has 0 spiro atoms. The first kappa shape index (κ1) is 17.9. The Morgan fingerprint density at radius 1 is 0.947 bits per heavy atom. The standard InChI is InChI=1S/C14H26O5/c1-4-7-12(16)18-10-14(6-3,9-15)11-19-13(17)8-5-2/h15H,4-11H2,1-3H3. The summed E-state index contributed by atoms with van der Waals surface area (Å²) in [4.78, 5) is 22.7. The third-order valence-electron chi connectivity index (χ3n) is 3.07. The molecule has 0 fully saturated rings. The van der Waals surface area contributed by atoms with Crippen molar-refractivity contribution >= 4 is 11.9 Å². The van der Waals surface area contributed by atoms with Crippen LogP contribution in [-0.4, -0.2) is 36.9 Å². The van der Waals surface area contributed by atoms with Crippen molar-refractivity contribution in [3.8, 4) is 0 Å². The van der Waals surface area contributed by atoms with E-state index in [4.69, 9.17) is 9.47 Å². The average Bonchev–Trinajstić information content (AvgIpc) is 2.40. The molecule has 112 valence electrons. The van der Waals surface area contributed by atoms with E-state index in [1.54, 1.807) is 0 Å². The fourth-order valence-electron chi connectivity index (χ4n) is 1.47. The Morgan fingerprint density at radius 3 is 1.63 bits per heavy atom. The highest BCUT2D eigenvalue weighted by Gasteiger charge is 2.31. The van der Waals surface area contributed by atoms with Crippen LogP contribution in [0.5, 0.6) is 0 Å². The van der Waals surface area contributed by atoms with Gasteiger partial charge >= 0.3 is 11.9 Å². The Bertz CT molecular complexity index is 247. The predicted octanol–water partition coefficient (Wildman–Crippen LogP) is 2.06. The van der Waals surface area contributed by atoms with Crippen LogP contribution in [0, 0.1) is 5.41 Å². The number of carbonyl (C=O) groups excluding carboxylic acids is 2. The van der Waals surface area contributed by atoms with E-state index in [1.165, 1.54) is 0 Å². The summed E-state index contributed by atoms with van der Waals surface area (Å²) in [6, 6.07) is 0. The molecule has 0 bridgehead atoms. The summed E-state index contributed by atoms with van der Waals surface area (Å²) in [5.41, 5.74) is -0.688. The number of hydrogen-bond donors (Lipinski definition) is 1. The molecule has 19 heavy (non-hydrogen) atoms. The Balaban J connectivity index is 4.32. The van der Waals surface area contributed by atoms with Gasteiger partial charge in [0.05, 0.1) is 12.0 Å². The summed E-state index contributed by atoms with van der Waals surface area (Å²) in [6.45, 7) is 5.65. The summed E-state index contributed by atoms with van der Waals surface area (Å²) in [5, 5.41) is 9.48. The average molecular weight is 274 g/mol. The van der Waals surface area contributed by atoms with Crippen molar-refractivity contribution in [1.82, 2.24) is 0 Å². The van der Waals surface area contributed by atoms with Gasteiger partial charge in [0.2, 0.25) is 0 Å². The van der Waals surface area contributed by atoms with Gasteiger partial charge < -0.3 is 14.6 Å². The summed E-state index contributed by atoms with van der Waals surface area (Å²) in [7, 11) is 0. The van der Waals surface area contributed by atoms with Crippen LogP contribution in [0.2, 0.25) is 0 Å². The van der Waals surface area contributed by atoms with Crippen LogP contribution in [0.25, 0.3) is 0 Å². The molecule has 0 heterocycles. The molecule has 0 atom stereocenters. The molecular weight excluding hydrogens is 248 g/mol. The minimum absolute atomic E-state index is 0.0816. The van der Waals surface area contributed by atoms with E-state index in [1.807, 2.05) is 20.8 Å². The van der Waals surface area contributed by atoms with Gasteiger partial charge in [-0.3, -0.25) is 9.59 Å². The molecule has 0 saturated heterocycles. The van der Waals surface area contributed by atoms with Crippen LogP contribution in [0.15, 0.2) is 0 Å². The zero-order valence-corrected chi connectivity index (χ0v) is 12.2. The molecule has 0 radical (unpaired) electrons. The van der Waals surface area contributed by atoms with Crippen LogP contribution >= 0.6 is 0 Å². The number of ether oxygens (including phenoxy) is 2. The highest BCUT2D eigenvalue weighted by molar-refractivity contribution is 5.69. The molecule has 0 saturated carbocycles. The fourth-order valence-corrected chi connectivity index (χ4v) is 1.47. The molecule has 0 aromatic carbocycles. The van der Waals surface area contributed by atoms with Gasteiger partial charge in [0.15, 0.2) is 0 Å². The van der Waals surface area contributed by atoms with Crippen LogP contribution in [0.3, 0.4) is 0 Å². The van der Waals surface area contributed by atoms with Crippen molar-refractivity contribution in [2.24, 2.45) is 5.41 Å². The Kier molecular flexibility index (Phi) is 9.21. The zero-order valence-electron chi connectivity index (χ0n) is 12.2. The normalized spacial score (nSPS) is 11.2. The molecule has 0 aliphatic carbocycles. The Morgan fingerprint density at radius 2 is 1.37 bits per heavy atom. The lowest BCUT2D eigenvalue weighted by molar-refractivity contribution is -0.156. The first-order valence-electron chi connectivity index (χ1n) is 6.95. The van der Waals surface area contributed by atoms with E-state index in [9.17, 15) is 14.7 Å². The van der Waals surface area contributed by atoms with E-state index >= 15 is 0 Å². The highest BCUT2D eigenvalue weighted by Crippen LogP contribution is 2.23. The second-order valence-electron chi connectivity index (χ2n) is 4.83.